The molecular weight excluding hydrogens is 233 g/mol. The fraction of sp³-hybridized carbons (Fsp3) is 0.222. The zero-order chi connectivity index (χ0) is 9.84. The number of carbonyl (C=O) groups is 1. The SMILES string of the molecule is N[C@H](C(=O)O)C([SeH])c1ccccc1. The van der Waals surface area contributed by atoms with Crippen LogP contribution in [-0.2, 0) is 4.79 Å². The van der Waals surface area contributed by atoms with Crippen LogP contribution in [0.1, 0.15) is 10.4 Å². The van der Waals surface area contributed by atoms with Gasteiger partial charge in [0.15, 0.2) is 0 Å². The Kier molecular flexibility index (Phi) is 3.48. The Hall–Kier alpha value is -0.831. The summed E-state index contributed by atoms with van der Waals surface area (Å²) in [5.41, 5.74) is 6.41. The molecule has 2 atom stereocenters. The normalized spacial score (nSPS) is 14.9. The molecular formula is C9H11NO2Se. The van der Waals surface area contributed by atoms with Crippen LogP contribution in [0.15, 0.2) is 30.3 Å². The van der Waals surface area contributed by atoms with Crippen LogP contribution in [0.4, 0.5) is 0 Å². The summed E-state index contributed by atoms with van der Waals surface area (Å²) >= 11 is 2.29. The third-order valence-electron chi connectivity index (χ3n) is 1.77. The molecule has 0 fully saturated rings. The van der Waals surface area contributed by atoms with Crippen molar-refractivity contribution in [2.24, 2.45) is 5.73 Å². The second kappa shape index (κ2) is 4.42. The third-order valence-corrected chi connectivity index (χ3v) is 3.07. The van der Waals surface area contributed by atoms with Crippen molar-refractivity contribution in [2.45, 2.75) is 10.9 Å². The fourth-order valence-electron chi connectivity index (χ4n) is 0.993. The molecule has 1 rings (SSSR count). The molecule has 3 nitrogen and oxygen atoms in total. The molecule has 13 heavy (non-hydrogen) atoms. The first kappa shape index (κ1) is 10.3. The van der Waals surface area contributed by atoms with E-state index in [4.69, 9.17) is 10.8 Å². The van der Waals surface area contributed by atoms with Gasteiger partial charge in [0.25, 0.3) is 0 Å². The molecule has 0 aliphatic heterocycles. The van der Waals surface area contributed by atoms with Gasteiger partial charge in [-0.1, -0.05) is 0 Å². The minimum absolute atomic E-state index is 0.216. The molecule has 1 aromatic carbocycles. The average molecular weight is 244 g/mol. The van der Waals surface area contributed by atoms with E-state index in [1.807, 2.05) is 30.3 Å². The van der Waals surface area contributed by atoms with Gasteiger partial charge in [0, 0.05) is 0 Å². The van der Waals surface area contributed by atoms with Gasteiger partial charge >= 0.3 is 84.4 Å². The first-order valence-electron chi connectivity index (χ1n) is 3.84. The number of hydrogen-bond acceptors (Lipinski definition) is 2. The molecule has 4 heteroatoms. The van der Waals surface area contributed by atoms with Crippen LogP contribution in [0.25, 0.3) is 0 Å². The van der Waals surface area contributed by atoms with Gasteiger partial charge in [-0.15, -0.1) is 0 Å². The second-order valence-corrected chi connectivity index (χ2v) is 3.89. The van der Waals surface area contributed by atoms with Crippen molar-refractivity contribution in [1.29, 1.82) is 0 Å². The molecule has 3 N–H and O–H groups in total. The van der Waals surface area contributed by atoms with Gasteiger partial charge in [-0.05, 0) is 0 Å². The summed E-state index contributed by atoms with van der Waals surface area (Å²) in [6.07, 6.45) is 0. The molecule has 1 unspecified atom stereocenters. The van der Waals surface area contributed by atoms with Crippen molar-refractivity contribution in [3.63, 3.8) is 0 Å². The van der Waals surface area contributed by atoms with Crippen LogP contribution in [0, 0.1) is 0 Å². The topological polar surface area (TPSA) is 63.3 Å². The predicted octanol–water partition coefficient (Wildman–Crippen LogP) is 0.0404. The summed E-state index contributed by atoms with van der Waals surface area (Å²) in [6.45, 7) is 0. The summed E-state index contributed by atoms with van der Waals surface area (Å²) < 4.78 is 0. The van der Waals surface area contributed by atoms with E-state index < -0.39 is 12.0 Å². The monoisotopic (exact) mass is 245 g/mol. The Balaban J connectivity index is 2.79. The molecule has 0 aliphatic rings. The molecule has 0 saturated carbocycles. The molecule has 0 saturated heterocycles. The number of nitrogens with two attached hydrogens (primary N) is 1. The van der Waals surface area contributed by atoms with Gasteiger partial charge in [-0.2, -0.15) is 0 Å². The second-order valence-electron chi connectivity index (χ2n) is 2.72. The fourth-order valence-corrected chi connectivity index (χ4v) is 1.62. The molecule has 1 aromatic rings. The first-order chi connectivity index (χ1) is 6.13. The van der Waals surface area contributed by atoms with E-state index in [-0.39, 0.29) is 4.82 Å². The van der Waals surface area contributed by atoms with E-state index in [0.29, 0.717) is 0 Å². The number of carboxylic acids is 1. The molecule has 70 valence electrons. The predicted molar refractivity (Wildman–Crippen MR) is 51.9 cm³/mol. The van der Waals surface area contributed by atoms with Crippen molar-refractivity contribution in [3.05, 3.63) is 35.9 Å². The van der Waals surface area contributed by atoms with Crippen LogP contribution < -0.4 is 5.73 Å². The quantitative estimate of drug-likeness (QED) is 0.738. The van der Waals surface area contributed by atoms with E-state index in [1.54, 1.807) is 0 Å². The van der Waals surface area contributed by atoms with Crippen LogP contribution >= 0.6 is 0 Å². The summed E-state index contributed by atoms with van der Waals surface area (Å²) in [4.78, 5) is 10.4. The molecule has 0 aromatic heterocycles. The summed E-state index contributed by atoms with van der Waals surface area (Å²) in [5.74, 6) is -0.977. The van der Waals surface area contributed by atoms with Gasteiger partial charge in [0.2, 0.25) is 0 Å². The number of aliphatic carboxylic acids is 1. The zero-order valence-electron chi connectivity index (χ0n) is 6.92. The standard InChI is InChI=1S/C9H11NO2Se/c10-7(9(11)12)8(13)6-4-2-1-3-5-6/h1-5,7-8,13H,10H2,(H,11,12)/t7-,8?/m0/s1. The van der Waals surface area contributed by atoms with Crippen LogP contribution in [0.5, 0.6) is 0 Å². The van der Waals surface area contributed by atoms with Gasteiger partial charge in [-0.25, -0.2) is 0 Å². The molecule has 0 spiro atoms. The number of carboxylic acid groups (broad SMARTS) is 1. The molecule has 0 heterocycles. The maximum atomic E-state index is 10.6. The number of hydrogen-bond donors (Lipinski definition) is 2. The van der Waals surface area contributed by atoms with E-state index in [1.165, 1.54) is 0 Å². The molecule has 0 bridgehead atoms. The van der Waals surface area contributed by atoms with Gasteiger partial charge in [0.05, 0.1) is 0 Å². The van der Waals surface area contributed by atoms with E-state index in [0.717, 1.165) is 5.56 Å². The Bertz CT molecular complexity index is 289. The Labute approximate surface area is 84.8 Å². The summed E-state index contributed by atoms with van der Waals surface area (Å²) in [5, 5.41) is 8.68. The van der Waals surface area contributed by atoms with E-state index in [2.05, 4.69) is 16.0 Å². The van der Waals surface area contributed by atoms with Crippen molar-refractivity contribution >= 4 is 22.0 Å². The van der Waals surface area contributed by atoms with Gasteiger partial charge in [0.1, 0.15) is 0 Å². The van der Waals surface area contributed by atoms with Gasteiger partial charge in [-0.3, -0.25) is 0 Å². The Morgan fingerprint density at radius 3 is 2.38 bits per heavy atom. The average Bonchev–Trinajstić information content (AvgIpc) is 2.17. The summed E-state index contributed by atoms with van der Waals surface area (Å²) in [7, 11) is 0. The number of rotatable bonds is 3. The Morgan fingerprint density at radius 1 is 1.38 bits per heavy atom. The third kappa shape index (κ3) is 2.56. The first-order valence-corrected chi connectivity index (χ1v) is 4.92. The molecule has 0 aliphatic carbocycles. The number of benzene rings is 1. The van der Waals surface area contributed by atoms with Crippen molar-refractivity contribution in [3.8, 4) is 0 Å². The Morgan fingerprint density at radius 2 is 1.92 bits per heavy atom. The van der Waals surface area contributed by atoms with Crippen molar-refractivity contribution in [1.82, 2.24) is 0 Å². The molecule has 0 amide bonds. The van der Waals surface area contributed by atoms with E-state index >= 15 is 0 Å². The van der Waals surface area contributed by atoms with Crippen molar-refractivity contribution in [2.75, 3.05) is 0 Å². The maximum absolute atomic E-state index is 10.6. The summed E-state index contributed by atoms with van der Waals surface area (Å²) in [6, 6.07) is 8.49. The van der Waals surface area contributed by atoms with Crippen molar-refractivity contribution < 1.29 is 9.90 Å². The van der Waals surface area contributed by atoms with E-state index in [9.17, 15) is 4.79 Å². The van der Waals surface area contributed by atoms with Crippen LogP contribution in [0.2, 0.25) is 0 Å². The van der Waals surface area contributed by atoms with Crippen LogP contribution in [0.3, 0.4) is 0 Å². The van der Waals surface area contributed by atoms with Gasteiger partial charge < -0.3 is 0 Å². The molecule has 0 radical (unpaired) electrons. The van der Waals surface area contributed by atoms with Crippen LogP contribution in [-0.4, -0.2) is 33.1 Å². The minimum atomic E-state index is -0.977. The zero-order valence-corrected chi connectivity index (χ0v) is 8.80.